The SMILES string of the molecule is Cc1cccc(C/C=C/CCCO)c1C(=O)Nc1cccc2cccnc12. The van der Waals surface area contributed by atoms with E-state index in [4.69, 9.17) is 5.11 Å². The quantitative estimate of drug-likeness (QED) is 0.475. The van der Waals surface area contributed by atoms with E-state index < -0.39 is 0 Å². The second kappa shape index (κ2) is 9.10. The number of unbranched alkanes of at least 4 members (excludes halogenated alkanes) is 1. The lowest BCUT2D eigenvalue weighted by Crippen LogP contribution is -2.16. The highest BCUT2D eigenvalue weighted by Crippen LogP contribution is 2.23. The lowest BCUT2D eigenvalue weighted by molar-refractivity contribution is 0.102. The second-order valence-corrected chi connectivity index (χ2v) is 6.49. The van der Waals surface area contributed by atoms with Crippen molar-refractivity contribution >= 4 is 22.5 Å². The summed E-state index contributed by atoms with van der Waals surface area (Å²) in [4.78, 5) is 17.4. The lowest BCUT2D eigenvalue weighted by atomic mass is 9.98. The van der Waals surface area contributed by atoms with E-state index >= 15 is 0 Å². The van der Waals surface area contributed by atoms with Gasteiger partial charge in [0.15, 0.2) is 0 Å². The van der Waals surface area contributed by atoms with E-state index in [1.54, 1.807) is 6.20 Å². The van der Waals surface area contributed by atoms with E-state index in [9.17, 15) is 4.79 Å². The molecule has 0 bridgehead atoms. The zero-order chi connectivity index (χ0) is 19.1. The second-order valence-electron chi connectivity index (χ2n) is 6.49. The number of rotatable bonds is 7. The van der Waals surface area contributed by atoms with Crippen LogP contribution in [-0.4, -0.2) is 22.6 Å². The van der Waals surface area contributed by atoms with Gasteiger partial charge in [0.2, 0.25) is 0 Å². The first kappa shape index (κ1) is 18.8. The average molecular weight is 360 g/mol. The number of benzene rings is 2. The standard InChI is InChI=1S/C23H24N2O2/c1-17-9-6-11-18(10-4-2-3-5-16-26)21(17)23(27)25-20-14-7-12-19-13-8-15-24-22(19)20/h2,4,6-9,11-15,26H,3,5,10,16H2,1H3,(H,25,27)/b4-2+. The van der Waals surface area contributed by atoms with Crippen LogP contribution in [0.2, 0.25) is 0 Å². The summed E-state index contributed by atoms with van der Waals surface area (Å²) in [6.45, 7) is 2.15. The minimum atomic E-state index is -0.120. The summed E-state index contributed by atoms with van der Waals surface area (Å²) >= 11 is 0. The number of carbonyl (C=O) groups is 1. The number of nitrogens with one attached hydrogen (secondary N) is 1. The molecule has 4 heteroatoms. The monoisotopic (exact) mass is 360 g/mol. The number of fused-ring (bicyclic) bond motifs is 1. The molecule has 3 aromatic rings. The fourth-order valence-corrected chi connectivity index (χ4v) is 3.15. The van der Waals surface area contributed by atoms with Gasteiger partial charge in [-0.2, -0.15) is 0 Å². The normalized spacial score (nSPS) is 11.2. The molecule has 0 aliphatic carbocycles. The van der Waals surface area contributed by atoms with Crippen molar-refractivity contribution < 1.29 is 9.90 Å². The van der Waals surface area contributed by atoms with Crippen LogP contribution >= 0.6 is 0 Å². The van der Waals surface area contributed by atoms with Crippen LogP contribution in [0.15, 0.2) is 66.9 Å². The molecule has 2 aromatic carbocycles. The van der Waals surface area contributed by atoms with Gasteiger partial charge in [-0.1, -0.05) is 48.6 Å². The third-order valence-electron chi connectivity index (χ3n) is 4.50. The van der Waals surface area contributed by atoms with Gasteiger partial charge in [0.25, 0.3) is 5.91 Å². The molecule has 0 unspecified atom stereocenters. The van der Waals surface area contributed by atoms with Gasteiger partial charge in [-0.15, -0.1) is 0 Å². The summed E-state index contributed by atoms with van der Waals surface area (Å²) in [6, 6.07) is 15.6. The van der Waals surface area contributed by atoms with E-state index in [1.165, 1.54) is 0 Å². The molecule has 0 aliphatic rings. The number of nitrogens with zero attached hydrogens (tertiary/aromatic N) is 1. The van der Waals surface area contributed by atoms with Gasteiger partial charge in [0.1, 0.15) is 0 Å². The predicted octanol–water partition coefficient (Wildman–Crippen LogP) is 4.67. The number of aromatic nitrogens is 1. The summed E-state index contributed by atoms with van der Waals surface area (Å²) in [5.74, 6) is -0.120. The number of pyridine rings is 1. The maximum absolute atomic E-state index is 13.0. The zero-order valence-electron chi connectivity index (χ0n) is 15.5. The van der Waals surface area contributed by atoms with E-state index in [0.717, 1.165) is 34.9 Å². The highest BCUT2D eigenvalue weighted by molar-refractivity contribution is 6.09. The minimum absolute atomic E-state index is 0.120. The van der Waals surface area contributed by atoms with Gasteiger partial charge >= 0.3 is 0 Å². The molecular formula is C23H24N2O2. The van der Waals surface area contributed by atoms with E-state index in [-0.39, 0.29) is 12.5 Å². The smallest absolute Gasteiger partial charge is 0.256 e. The third kappa shape index (κ3) is 4.60. The van der Waals surface area contributed by atoms with Crippen molar-refractivity contribution in [3.05, 3.63) is 83.6 Å². The van der Waals surface area contributed by atoms with Crippen molar-refractivity contribution in [2.75, 3.05) is 11.9 Å². The van der Waals surface area contributed by atoms with Crippen LogP contribution in [-0.2, 0) is 6.42 Å². The summed E-state index contributed by atoms with van der Waals surface area (Å²) in [5, 5.41) is 12.9. The lowest BCUT2D eigenvalue weighted by Gasteiger charge is -2.13. The predicted molar refractivity (Wildman–Crippen MR) is 110 cm³/mol. The maximum Gasteiger partial charge on any atom is 0.256 e. The molecule has 0 fully saturated rings. The Morgan fingerprint density at radius 1 is 1.11 bits per heavy atom. The molecule has 1 amide bonds. The van der Waals surface area contributed by atoms with Crippen LogP contribution < -0.4 is 5.32 Å². The van der Waals surface area contributed by atoms with Gasteiger partial charge in [-0.3, -0.25) is 9.78 Å². The van der Waals surface area contributed by atoms with Crippen LogP contribution in [0.3, 0.4) is 0 Å². The Bertz CT molecular complexity index is 958. The molecule has 0 saturated carbocycles. The van der Waals surface area contributed by atoms with E-state index in [0.29, 0.717) is 17.7 Å². The minimum Gasteiger partial charge on any atom is -0.396 e. The number of aliphatic hydroxyl groups is 1. The maximum atomic E-state index is 13.0. The Morgan fingerprint density at radius 3 is 2.78 bits per heavy atom. The number of aliphatic hydroxyl groups excluding tert-OH is 1. The summed E-state index contributed by atoms with van der Waals surface area (Å²) in [6.07, 6.45) is 8.12. The Morgan fingerprint density at radius 2 is 1.93 bits per heavy atom. The molecule has 3 rings (SSSR count). The van der Waals surface area contributed by atoms with Crippen molar-refractivity contribution in [3.8, 4) is 0 Å². The van der Waals surface area contributed by atoms with Crippen LogP contribution in [0.25, 0.3) is 10.9 Å². The number of aryl methyl sites for hydroxylation is 1. The molecule has 27 heavy (non-hydrogen) atoms. The molecule has 1 aromatic heterocycles. The largest absolute Gasteiger partial charge is 0.396 e. The molecule has 0 spiro atoms. The van der Waals surface area contributed by atoms with Crippen molar-refractivity contribution in [2.45, 2.75) is 26.2 Å². The topological polar surface area (TPSA) is 62.2 Å². The Labute approximate surface area is 159 Å². The molecule has 0 saturated heterocycles. The molecule has 4 nitrogen and oxygen atoms in total. The van der Waals surface area contributed by atoms with Gasteiger partial charge in [-0.25, -0.2) is 0 Å². The van der Waals surface area contributed by atoms with Crippen LogP contribution in [0.4, 0.5) is 5.69 Å². The zero-order valence-corrected chi connectivity index (χ0v) is 15.5. The number of anilines is 1. The van der Waals surface area contributed by atoms with Gasteiger partial charge < -0.3 is 10.4 Å². The number of para-hydroxylation sites is 1. The first-order valence-electron chi connectivity index (χ1n) is 9.20. The molecule has 1 heterocycles. The number of carbonyl (C=O) groups excluding carboxylic acids is 1. The van der Waals surface area contributed by atoms with Gasteiger partial charge in [0, 0.05) is 23.8 Å². The van der Waals surface area contributed by atoms with Crippen molar-refractivity contribution in [3.63, 3.8) is 0 Å². The van der Waals surface area contributed by atoms with Crippen molar-refractivity contribution in [1.82, 2.24) is 4.98 Å². The molecule has 0 atom stereocenters. The van der Waals surface area contributed by atoms with Crippen LogP contribution in [0, 0.1) is 6.92 Å². The fourth-order valence-electron chi connectivity index (χ4n) is 3.15. The Hall–Kier alpha value is -2.98. The highest BCUT2D eigenvalue weighted by atomic mass is 16.2. The number of amides is 1. The van der Waals surface area contributed by atoms with Crippen LogP contribution in [0.5, 0.6) is 0 Å². The van der Waals surface area contributed by atoms with E-state index in [1.807, 2.05) is 55.5 Å². The summed E-state index contributed by atoms with van der Waals surface area (Å²) in [7, 11) is 0. The number of hydrogen-bond donors (Lipinski definition) is 2. The summed E-state index contributed by atoms with van der Waals surface area (Å²) < 4.78 is 0. The molecule has 0 aliphatic heterocycles. The molecule has 0 radical (unpaired) electrons. The number of hydrogen-bond acceptors (Lipinski definition) is 3. The first-order chi connectivity index (χ1) is 13.2. The van der Waals surface area contributed by atoms with Crippen molar-refractivity contribution in [2.24, 2.45) is 0 Å². The fraction of sp³-hybridized carbons (Fsp3) is 0.217. The Kier molecular flexibility index (Phi) is 6.34. The molecular weight excluding hydrogens is 336 g/mol. The molecule has 2 N–H and O–H groups in total. The first-order valence-corrected chi connectivity index (χ1v) is 9.20. The van der Waals surface area contributed by atoms with Gasteiger partial charge in [-0.05, 0) is 49.4 Å². The summed E-state index contributed by atoms with van der Waals surface area (Å²) in [5.41, 5.74) is 4.14. The van der Waals surface area contributed by atoms with Crippen molar-refractivity contribution in [1.29, 1.82) is 0 Å². The van der Waals surface area contributed by atoms with Gasteiger partial charge in [0.05, 0.1) is 11.2 Å². The van der Waals surface area contributed by atoms with E-state index in [2.05, 4.69) is 22.5 Å². The Balaban J connectivity index is 1.85. The number of allylic oxidation sites excluding steroid dienone is 2. The molecule has 138 valence electrons. The highest BCUT2D eigenvalue weighted by Gasteiger charge is 2.15. The van der Waals surface area contributed by atoms with Crippen LogP contribution in [0.1, 0.15) is 34.3 Å². The average Bonchev–Trinajstić information content (AvgIpc) is 2.68. The third-order valence-corrected chi connectivity index (χ3v) is 4.50.